The molecule has 2 aromatic heterocycles. The molecule has 0 spiro atoms. The van der Waals surface area contributed by atoms with Gasteiger partial charge in [0, 0.05) is 10.9 Å². The first-order valence-corrected chi connectivity index (χ1v) is 10.8. The Morgan fingerprint density at radius 1 is 1.26 bits per heavy atom. The average molecular weight is 401 g/mol. The van der Waals surface area contributed by atoms with E-state index in [0.717, 1.165) is 34.3 Å². The lowest BCUT2D eigenvalue weighted by Gasteiger charge is -2.10. The molecule has 0 unspecified atom stereocenters. The molecule has 1 aromatic carbocycles. The van der Waals surface area contributed by atoms with E-state index < -0.39 is 0 Å². The van der Waals surface area contributed by atoms with Gasteiger partial charge < -0.3 is 5.32 Å². The van der Waals surface area contributed by atoms with E-state index >= 15 is 0 Å². The first kappa shape index (κ1) is 18.1. The Kier molecular flexibility index (Phi) is 5.78. The molecule has 1 aliphatic carbocycles. The second-order valence-corrected chi connectivity index (χ2v) is 8.22. The fraction of sp³-hybridized carbons (Fsp3) is 0.389. The highest BCUT2D eigenvalue weighted by molar-refractivity contribution is 7.99. The number of hydrogen-bond acceptors (Lipinski definition) is 7. The molecule has 9 heteroatoms. The molecule has 0 saturated heterocycles. The van der Waals surface area contributed by atoms with Crippen LogP contribution >= 0.6 is 23.1 Å². The van der Waals surface area contributed by atoms with Crippen LogP contribution in [0.3, 0.4) is 0 Å². The Balaban J connectivity index is 1.27. The molecule has 0 aliphatic heterocycles. The number of carbonyl (C=O) groups is 1. The Labute approximate surface area is 165 Å². The molecule has 27 heavy (non-hydrogen) atoms. The molecule has 1 amide bonds. The zero-order valence-electron chi connectivity index (χ0n) is 14.7. The Hall–Kier alpha value is -2.26. The van der Waals surface area contributed by atoms with Crippen molar-refractivity contribution in [1.29, 1.82) is 0 Å². The van der Waals surface area contributed by atoms with Crippen LogP contribution in [-0.4, -0.2) is 36.9 Å². The lowest BCUT2D eigenvalue weighted by molar-refractivity contribution is -0.118. The van der Waals surface area contributed by atoms with Crippen molar-refractivity contribution in [3.05, 3.63) is 41.4 Å². The van der Waals surface area contributed by atoms with E-state index in [1.807, 2.05) is 40.4 Å². The molecule has 0 atom stereocenters. The van der Waals surface area contributed by atoms with Crippen molar-refractivity contribution in [2.24, 2.45) is 0 Å². The summed E-state index contributed by atoms with van der Waals surface area (Å²) in [6.07, 6.45) is 4.65. The van der Waals surface area contributed by atoms with Crippen LogP contribution in [0.25, 0.3) is 10.6 Å². The number of tetrazole rings is 1. The number of hydrogen-bond donors (Lipinski definition) is 1. The zero-order valence-corrected chi connectivity index (χ0v) is 16.4. The third-order valence-corrected chi connectivity index (χ3v) is 6.38. The highest BCUT2D eigenvalue weighted by Crippen LogP contribution is 2.31. The molecular weight excluding hydrogens is 380 g/mol. The largest absolute Gasteiger partial charge is 0.350 e. The standard InChI is InChI=1S/C18H20N6OS2/c25-16(12-27-18-21-22-23-24(18)15-8-4-5-9-15)19-10-14-11-26-17(20-14)13-6-2-1-3-7-13/h1-3,6-7,11,15H,4-5,8-10,12H2,(H,19,25). The molecule has 3 aromatic rings. The summed E-state index contributed by atoms with van der Waals surface area (Å²) in [6, 6.07) is 10.4. The first-order chi connectivity index (χ1) is 13.3. The molecule has 140 valence electrons. The number of nitrogens with zero attached hydrogens (tertiary/aromatic N) is 5. The van der Waals surface area contributed by atoms with Crippen molar-refractivity contribution >= 4 is 29.0 Å². The fourth-order valence-electron chi connectivity index (χ4n) is 3.13. The van der Waals surface area contributed by atoms with Gasteiger partial charge in [0.25, 0.3) is 0 Å². The SMILES string of the molecule is O=C(CSc1nnnn1C1CCCC1)NCc1csc(-c2ccccc2)n1. The van der Waals surface area contributed by atoms with E-state index in [1.165, 1.54) is 24.6 Å². The van der Waals surface area contributed by atoms with Crippen molar-refractivity contribution in [3.8, 4) is 10.6 Å². The maximum absolute atomic E-state index is 12.2. The van der Waals surface area contributed by atoms with E-state index in [-0.39, 0.29) is 5.91 Å². The number of thiazole rings is 1. The van der Waals surface area contributed by atoms with Gasteiger partial charge in [-0.25, -0.2) is 9.67 Å². The molecule has 1 N–H and O–H groups in total. The van der Waals surface area contributed by atoms with E-state index in [0.29, 0.717) is 18.3 Å². The van der Waals surface area contributed by atoms with Crippen LogP contribution in [0.5, 0.6) is 0 Å². The summed E-state index contributed by atoms with van der Waals surface area (Å²) in [6.45, 7) is 0.427. The molecule has 0 bridgehead atoms. The van der Waals surface area contributed by atoms with Gasteiger partial charge in [0.15, 0.2) is 0 Å². The van der Waals surface area contributed by atoms with Gasteiger partial charge in [-0.3, -0.25) is 4.79 Å². The molecule has 4 rings (SSSR count). The number of amides is 1. The van der Waals surface area contributed by atoms with Gasteiger partial charge in [-0.1, -0.05) is 54.9 Å². The predicted octanol–water partition coefficient (Wildman–Crippen LogP) is 3.32. The Morgan fingerprint density at radius 2 is 2.07 bits per heavy atom. The Morgan fingerprint density at radius 3 is 2.89 bits per heavy atom. The quantitative estimate of drug-likeness (QED) is 0.612. The van der Waals surface area contributed by atoms with Crippen LogP contribution in [0.1, 0.15) is 37.4 Å². The van der Waals surface area contributed by atoms with E-state index in [9.17, 15) is 4.79 Å². The van der Waals surface area contributed by atoms with Gasteiger partial charge in [0.05, 0.1) is 24.0 Å². The lowest BCUT2D eigenvalue weighted by atomic mass is 10.2. The molecule has 1 fully saturated rings. The van der Waals surface area contributed by atoms with E-state index in [1.54, 1.807) is 11.3 Å². The van der Waals surface area contributed by atoms with Gasteiger partial charge in [0.2, 0.25) is 11.1 Å². The van der Waals surface area contributed by atoms with Crippen LogP contribution in [0.4, 0.5) is 0 Å². The molecular formula is C18H20N6OS2. The van der Waals surface area contributed by atoms with Crippen LogP contribution in [-0.2, 0) is 11.3 Å². The van der Waals surface area contributed by atoms with Crippen molar-refractivity contribution in [1.82, 2.24) is 30.5 Å². The summed E-state index contributed by atoms with van der Waals surface area (Å²) >= 11 is 2.97. The summed E-state index contributed by atoms with van der Waals surface area (Å²) in [5.74, 6) is 0.248. The number of rotatable bonds is 7. The summed E-state index contributed by atoms with van der Waals surface area (Å²) in [7, 11) is 0. The first-order valence-electron chi connectivity index (χ1n) is 8.97. The van der Waals surface area contributed by atoms with Gasteiger partial charge in [-0.05, 0) is 23.3 Å². The number of nitrogens with one attached hydrogen (secondary N) is 1. The average Bonchev–Trinajstić information content (AvgIpc) is 3.46. The topological polar surface area (TPSA) is 85.6 Å². The summed E-state index contributed by atoms with van der Waals surface area (Å²) in [5.41, 5.74) is 1.96. The smallest absolute Gasteiger partial charge is 0.230 e. The summed E-state index contributed by atoms with van der Waals surface area (Å²) in [4.78, 5) is 16.8. The van der Waals surface area contributed by atoms with Gasteiger partial charge in [-0.15, -0.1) is 16.4 Å². The van der Waals surface area contributed by atoms with Crippen LogP contribution in [0.2, 0.25) is 0 Å². The maximum Gasteiger partial charge on any atom is 0.230 e. The van der Waals surface area contributed by atoms with Crippen molar-refractivity contribution in [2.75, 3.05) is 5.75 Å². The number of aromatic nitrogens is 5. The third kappa shape index (κ3) is 4.54. The lowest BCUT2D eigenvalue weighted by Crippen LogP contribution is -2.25. The third-order valence-electron chi connectivity index (χ3n) is 4.50. The van der Waals surface area contributed by atoms with Crippen molar-refractivity contribution in [3.63, 3.8) is 0 Å². The van der Waals surface area contributed by atoms with Gasteiger partial charge >= 0.3 is 0 Å². The minimum Gasteiger partial charge on any atom is -0.350 e. The van der Waals surface area contributed by atoms with Crippen LogP contribution in [0.15, 0.2) is 40.9 Å². The van der Waals surface area contributed by atoms with Gasteiger partial charge in [0.1, 0.15) is 5.01 Å². The summed E-state index contributed by atoms with van der Waals surface area (Å²) < 4.78 is 1.87. The minimum absolute atomic E-state index is 0.0461. The highest BCUT2D eigenvalue weighted by atomic mass is 32.2. The molecule has 1 aliphatic rings. The van der Waals surface area contributed by atoms with Crippen LogP contribution in [0, 0.1) is 0 Å². The number of benzene rings is 1. The second kappa shape index (κ2) is 8.62. The fourth-order valence-corrected chi connectivity index (χ4v) is 4.73. The van der Waals surface area contributed by atoms with Crippen molar-refractivity contribution < 1.29 is 4.79 Å². The van der Waals surface area contributed by atoms with E-state index in [2.05, 4.69) is 25.8 Å². The van der Waals surface area contributed by atoms with E-state index in [4.69, 9.17) is 0 Å². The molecule has 7 nitrogen and oxygen atoms in total. The monoisotopic (exact) mass is 400 g/mol. The van der Waals surface area contributed by atoms with Crippen LogP contribution < -0.4 is 5.32 Å². The molecule has 1 saturated carbocycles. The predicted molar refractivity (Wildman–Crippen MR) is 105 cm³/mol. The minimum atomic E-state index is -0.0461. The highest BCUT2D eigenvalue weighted by Gasteiger charge is 2.22. The normalized spacial score (nSPS) is 14.5. The molecule has 2 heterocycles. The number of thioether (sulfide) groups is 1. The summed E-state index contributed by atoms with van der Waals surface area (Å²) in [5, 5.41) is 18.5. The Bertz CT molecular complexity index is 888. The number of carbonyl (C=O) groups excluding carboxylic acids is 1. The van der Waals surface area contributed by atoms with Gasteiger partial charge in [-0.2, -0.15) is 0 Å². The second-order valence-electron chi connectivity index (χ2n) is 6.42. The van der Waals surface area contributed by atoms with Crippen molar-refractivity contribution in [2.45, 2.75) is 43.4 Å². The zero-order chi connectivity index (χ0) is 18.5. The molecule has 0 radical (unpaired) electrons. The maximum atomic E-state index is 12.2.